The van der Waals surface area contributed by atoms with Crippen molar-refractivity contribution in [2.45, 2.75) is 17.7 Å². The molecule has 1 heterocycles. The first-order valence-electron chi connectivity index (χ1n) is 6.14. The molecular weight excluding hydrogens is 352 g/mol. The van der Waals surface area contributed by atoms with Crippen molar-refractivity contribution in [1.82, 2.24) is 10.0 Å². The normalized spacial score (nSPS) is 17.6. The van der Waals surface area contributed by atoms with E-state index >= 15 is 0 Å². The summed E-state index contributed by atoms with van der Waals surface area (Å²) in [5, 5.41) is 3.48. The number of rotatable bonds is 4. The Morgan fingerprint density at radius 1 is 1.37 bits per heavy atom. The highest BCUT2D eigenvalue weighted by Crippen LogP contribution is 2.25. The lowest BCUT2D eigenvalue weighted by Crippen LogP contribution is -2.36. The van der Waals surface area contributed by atoms with Crippen LogP contribution in [0.1, 0.15) is 12.8 Å². The number of sulfonamides is 1. The van der Waals surface area contributed by atoms with Gasteiger partial charge in [0.1, 0.15) is 4.90 Å². The summed E-state index contributed by atoms with van der Waals surface area (Å²) in [6.45, 7) is 2.37. The molecule has 0 amide bonds. The third kappa shape index (κ3) is 4.16. The van der Waals surface area contributed by atoms with Crippen LogP contribution in [0.5, 0.6) is 0 Å². The van der Waals surface area contributed by atoms with Gasteiger partial charge in [0, 0.05) is 11.0 Å². The topological polar surface area (TPSA) is 58.2 Å². The summed E-state index contributed by atoms with van der Waals surface area (Å²) in [5.74, 6) is 0.394. The fourth-order valence-electron chi connectivity index (χ4n) is 2.08. The van der Waals surface area contributed by atoms with Gasteiger partial charge in [-0.15, -0.1) is 0 Å². The van der Waals surface area contributed by atoms with E-state index in [1.54, 1.807) is 12.1 Å². The molecule has 0 saturated carbocycles. The molecule has 2 rings (SSSR count). The van der Waals surface area contributed by atoms with Crippen LogP contribution >= 0.6 is 27.5 Å². The Morgan fingerprint density at radius 3 is 2.68 bits per heavy atom. The molecule has 0 radical (unpaired) electrons. The van der Waals surface area contributed by atoms with E-state index in [4.69, 9.17) is 11.6 Å². The smallest absolute Gasteiger partial charge is 0.242 e. The minimum Gasteiger partial charge on any atom is -0.317 e. The van der Waals surface area contributed by atoms with Crippen LogP contribution in [-0.4, -0.2) is 28.1 Å². The van der Waals surface area contributed by atoms with Gasteiger partial charge in [0.2, 0.25) is 10.0 Å². The van der Waals surface area contributed by atoms with Gasteiger partial charge in [0.15, 0.2) is 0 Å². The van der Waals surface area contributed by atoms with E-state index < -0.39 is 10.0 Å². The quantitative estimate of drug-likeness (QED) is 0.859. The molecule has 0 unspecified atom stereocenters. The second kappa shape index (κ2) is 6.54. The Balaban J connectivity index is 2.05. The maximum absolute atomic E-state index is 12.2. The lowest BCUT2D eigenvalue weighted by Gasteiger charge is -2.22. The van der Waals surface area contributed by atoms with Gasteiger partial charge in [-0.3, -0.25) is 0 Å². The van der Waals surface area contributed by atoms with E-state index in [9.17, 15) is 8.42 Å². The summed E-state index contributed by atoms with van der Waals surface area (Å²) in [4.78, 5) is 0.131. The molecule has 1 aliphatic heterocycles. The van der Waals surface area contributed by atoms with Gasteiger partial charge in [0.05, 0.1) is 5.02 Å². The minimum atomic E-state index is -3.53. The second-order valence-electron chi connectivity index (χ2n) is 4.62. The average Bonchev–Trinajstić information content (AvgIpc) is 2.37. The molecule has 0 atom stereocenters. The molecule has 2 N–H and O–H groups in total. The number of halogens is 2. The predicted octanol–water partition coefficient (Wildman–Crippen LogP) is 2.38. The summed E-state index contributed by atoms with van der Waals surface area (Å²) < 4.78 is 27.8. The van der Waals surface area contributed by atoms with Crippen molar-refractivity contribution in [3.05, 3.63) is 27.7 Å². The van der Waals surface area contributed by atoms with Gasteiger partial charge >= 0.3 is 0 Å². The molecule has 4 nitrogen and oxygen atoms in total. The van der Waals surface area contributed by atoms with Crippen LogP contribution < -0.4 is 10.0 Å². The monoisotopic (exact) mass is 366 g/mol. The zero-order valence-electron chi connectivity index (χ0n) is 10.3. The number of hydrogen-bond acceptors (Lipinski definition) is 3. The Hall–Kier alpha value is -0.140. The fraction of sp³-hybridized carbons (Fsp3) is 0.500. The summed E-state index contributed by atoms with van der Waals surface area (Å²) in [7, 11) is -3.53. The molecule has 7 heteroatoms. The van der Waals surface area contributed by atoms with Crippen LogP contribution in [0.2, 0.25) is 5.02 Å². The Morgan fingerprint density at radius 2 is 2.05 bits per heavy atom. The lowest BCUT2D eigenvalue weighted by atomic mass is 9.99. The standard InChI is InChI=1S/C12H16BrClN2O2S/c13-10-1-2-12(11(14)7-10)19(17,18)16-8-9-3-5-15-6-4-9/h1-2,7,9,15-16H,3-6,8H2. The van der Waals surface area contributed by atoms with E-state index in [0.717, 1.165) is 30.4 Å². The molecule has 1 fully saturated rings. The first-order chi connectivity index (χ1) is 8.99. The maximum Gasteiger partial charge on any atom is 0.242 e. The molecular formula is C12H16BrClN2O2S. The molecule has 1 aromatic rings. The molecule has 1 saturated heterocycles. The summed E-state index contributed by atoms with van der Waals surface area (Å²) in [6, 6.07) is 4.77. The van der Waals surface area contributed by atoms with Crippen LogP contribution in [0.4, 0.5) is 0 Å². The van der Waals surface area contributed by atoms with Gasteiger partial charge in [0.25, 0.3) is 0 Å². The van der Waals surface area contributed by atoms with Gasteiger partial charge < -0.3 is 5.32 Å². The van der Waals surface area contributed by atoms with Crippen molar-refractivity contribution >= 4 is 37.6 Å². The van der Waals surface area contributed by atoms with Crippen molar-refractivity contribution in [3.8, 4) is 0 Å². The highest BCUT2D eigenvalue weighted by Gasteiger charge is 2.20. The SMILES string of the molecule is O=S(=O)(NCC1CCNCC1)c1ccc(Br)cc1Cl. The van der Waals surface area contributed by atoms with E-state index in [0.29, 0.717) is 12.5 Å². The van der Waals surface area contributed by atoms with E-state index in [1.165, 1.54) is 6.07 Å². The Kier molecular flexibility index (Phi) is 5.25. The van der Waals surface area contributed by atoms with Crippen LogP contribution in [0, 0.1) is 5.92 Å². The van der Waals surface area contributed by atoms with Gasteiger partial charge in [-0.1, -0.05) is 27.5 Å². The third-order valence-electron chi connectivity index (χ3n) is 3.20. The molecule has 1 aromatic carbocycles. The number of piperidine rings is 1. The largest absolute Gasteiger partial charge is 0.317 e. The second-order valence-corrected chi connectivity index (χ2v) is 7.68. The first-order valence-corrected chi connectivity index (χ1v) is 8.80. The summed E-state index contributed by atoms with van der Waals surface area (Å²) in [5.41, 5.74) is 0. The van der Waals surface area contributed by atoms with Crippen molar-refractivity contribution in [1.29, 1.82) is 0 Å². The average molecular weight is 368 g/mol. The molecule has 0 aromatic heterocycles. The fourth-order valence-corrected chi connectivity index (χ4v) is 4.24. The highest BCUT2D eigenvalue weighted by molar-refractivity contribution is 9.10. The van der Waals surface area contributed by atoms with E-state index in [-0.39, 0.29) is 9.92 Å². The third-order valence-corrected chi connectivity index (χ3v) is 5.60. The number of benzene rings is 1. The van der Waals surface area contributed by atoms with Crippen molar-refractivity contribution in [3.63, 3.8) is 0 Å². The zero-order valence-corrected chi connectivity index (χ0v) is 13.5. The Labute approximate surface area is 127 Å². The maximum atomic E-state index is 12.2. The Bertz CT molecular complexity index is 545. The van der Waals surface area contributed by atoms with E-state index in [1.807, 2.05) is 0 Å². The summed E-state index contributed by atoms with van der Waals surface area (Å²) in [6.07, 6.45) is 1.99. The number of nitrogens with one attached hydrogen (secondary N) is 2. The highest BCUT2D eigenvalue weighted by atomic mass is 79.9. The van der Waals surface area contributed by atoms with Crippen molar-refractivity contribution < 1.29 is 8.42 Å². The van der Waals surface area contributed by atoms with Crippen LogP contribution in [0.25, 0.3) is 0 Å². The summed E-state index contributed by atoms with van der Waals surface area (Å²) >= 11 is 9.23. The molecule has 0 bridgehead atoms. The predicted molar refractivity (Wildman–Crippen MR) is 79.9 cm³/mol. The van der Waals surface area contributed by atoms with Crippen molar-refractivity contribution in [2.75, 3.05) is 19.6 Å². The van der Waals surface area contributed by atoms with Crippen molar-refractivity contribution in [2.24, 2.45) is 5.92 Å². The minimum absolute atomic E-state index is 0.131. The first kappa shape index (κ1) is 15.3. The van der Waals surface area contributed by atoms with E-state index in [2.05, 4.69) is 26.0 Å². The molecule has 0 aliphatic carbocycles. The van der Waals surface area contributed by atoms with Gasteiger partial charge in [-0.25, -0.2) is 13.1 Å². The lowest BCUT2D eigenvalue weighted by molar-refractivity contribution is 0.372. The zero-order chi connectivity index (χ0) is 13.9. The molecule has 106 valence electrons. The van der Waals surface area contributed by atoms with Crippen LogP contribution in [-0.2, 0) is 10.0 Å². The van der Waals surface area contributed by atoms with Crippen LogP contribution in [0.15, 0.2) is 27.6 Å². The van der Waals surface area contributed by atoms with Gasteiger partial charge in [-0.2, -0.15) is 0 Å². The van der Waals surface area contributed by atoms with Gasteiger partial charge in [-0.05, 0) is 50.0 Å². The number of hydrogen-bond donors (Lipinski definition) is 2. The van der Waals surface area contributed by atoms with Crippen LogP contribution in [0.3, 0.4) is 0 Å². The molecule has 0 spiro atoms. The molecule has 1 aliphatic rings. The molecule has 19 heavy (non-hydrogen) atoms.